The first-order chi connectivity index (χ1) is 12.7. The van der Waals surface area contributed by atoms with Gasteiger partial charge in [-0.15, -0.1) is 11.3 Å². The van der Waals surface area contributed by atoms with E-state index in [1.165, 1.54) is 23.3 Å². The van der Waals surface area contributed by atoms with Gasteiger partial charge in [-0.1, -0.05) is 30.3 Å². The molecule has 0 spiro atoms. The van der Waals surface area contributed by atoms with Crippen molar-refractivity contribution in [3.05, 3.63) is 40.9 Å². The van der Waals surface area contributed by atoms with Crippen molar-refractivity contribution in [2.75, 3.05) is 33.9 Å². The number of aliphatic imine (C=N–C) groups is 1. The minimum Gasteiger partial charge on any atom is -0.379 e. The second kappa shape index (κ2) is 9.14. The third-order valence-corrected chi connectivity index (χ3v) is 5.72. The Hall–Kier alpha value is -1.92. The van der Waals surface area contributed by atoms with Crippen LogP contribution in [0.1, 0.15) is 23.4 Å². The summed E-state index contributed by atoms with van der Waals surface area (Å²) in [7, 11) is 3.86. The summed E-state index contributed by atoms with van der Waals surface area (Å²) in [5.74, 6) is 1.69. The van der Waals surface area contributed by atoms with E-state index in [-0.39, 0.29) is 0 Å². The number of hydrogen-bond acceptors (Lipinski definition) is 4. The molecule has 1 fully saturated rings. The Morgan fingerprint density at radius 2 is 2.12 bits per heavy atom. The fraction of sp³-hybridized carbons (Fsp3) is 0.500. The molecule has 1 aliphatic rings. The smallest absolute Gasteiger partial charge is 0.193 e. The second-order valence-corrected chi connectivity index (χ2v) is 7.82. The summed E-state index contributed by atoms with van der Waals surface area (Å²) in [4.78, 5) is 12.5. The van der Waals surface area contributed by atoms with Crippen molar-refractivity contribution in [2.24, 2.45) is 10.9 Å². The lowest BCUT2D eigenvalue weighted by atomic mass is 10.2. The normalized spacial score (nSPS) is 14.5. The van der Waals surface area contributed by atoms with Crippen LogP contribution in [0.5, 0.6) is 0 Å². The topological polar surface area (TPSA) is 49.8 Å². The van der Waals surface area contributed by atoms with E-state index >= 15 is 0 Å². The van der Waals surface area contributed by atoms with Crippen LogP contribution in [0.3, 0.4) is 0 Å². The lowest BCUT2D eigenvalue weighted by molar-refractivity contribution is 0.115. The number of likely N-dealkylation sites (N-methyl/N-ethyl adjacent to an activating group) is 1. The Morgan fingerprint density at radius 1 is 1.35 bits per heavy atom. The Balaban J connectivity index is 1.50. The number of aromatic nitrogens is 1. The minimum absolute atomic E-state index is 0.732. The summed E-state index contributed by atoms with van der Waals surface area (Å²) in [5, 5.41) is 4.51. The zero-order chi connectivity index (χ0) is 18.4. The molecule has 1 aromatic carbocycles. The highest BCUT2D eigenvalue weighted by molar-refractivity contribution is 7.15. The Morgan fingerprint density at radius 3 is 2.81 bits per heavy atom. The fourth-order valence-electron chi connectivity index (χ4n) is 2.68. The standard InChI is InChI=1S/C20H28N4OS/c1-15-18(26-19(23-15)17-7-5-4-6-8-17)13-22-20(21-2)24(3)11-12-25-14-16-9-10-16/h4-8,16H,9-14H2,1-3H3,(H,21,22). The van der Waals surface area contributed by atoms with Crippen molar-refractivity contribution < 1.29 is 4.74 Å². The molecule has 0 aliphatic heterocycles. The predicted molar refractivity (Wildman–Crippen MR) is 109 cm³/mol. The number of thiazole rings is 1. The lowest BCUT2D eigenvalue weighted by Gasteiger charge is -2.21. The first-order valence-corrected chi connectivity index (χ1v) is 10.00. The summed E-state index contributed by atoms with van der Waals surface area (Å²) < 4.78 is 5.72. The SMILES string of the molecule is CN=C(NCc1sc(-c2ccccc2)nc1C)N(C)CCOCC1CC1. The van der Waals surface area contributed by atoms with E-state index in [0.29, 0.717) is 0 Å². The van der Waals surface area contributed by atoms with Crippen molar-refractivity contribution in [3.63, 3.8) is 0 Å². The molecule has 0 amide bonds. The van der Waals surface area contributed by atoms with Crippen LogP contribution in [0.2, 0.25) is 0 Å². The van der Waals surface area contributed by atoms with Crippen LogP contribution in [-0.4, -0.2) is 49.7 Å². The molecule has 26 heavy (non-hydrogen) atoms. The fourth-order valence-corrected chi connectivity index (χ4v) is 3.69. The molecular formula is C20H28N4OS. The zero-order valence-electron chi connectivity index (χ0n) is 15.9. The monoisotopic (exact) mass is 372 g/mol. The van der Waals surface area contributed by atoms with Gasteiger partial charge in [-0.3, -0.25) is 4.99 Å². The van der Waals surface area contributed by atoms with Gasteiger partial charge in [0, 0.05) is 37.7 Å². The van der Waals surface area contributed by atoms with Gasteiger partial charge < -0.3 is 15.0 Å². The van der Waals surface area contributed by atoms with Crippen molar-refractivity contribution in [2.45, 2.75) is 26.3 Å². The van der Waals surface area contributed by atoms with Gasteiger partial charge in [-0.05, 0) is 25.7 Å². The maximum atomic E-state index is 5.72. The number of aryl methyl sites for hydroxylation is 1. The lowest BCUT2D eigenvalue weighted by Crippen LogP contribution is -2.40. The van der Waals surface area contributed by atoms with Gasteiger partial charge in [-0.2, -0.15) is 0 Å². The van der Waals surface area contributed by atoms with Crippen LogP contribution in [0.15, 0.2) is 35.3 Å². The predicted octanol–water partition coefficient (Wildman–Crippen LogP) is 3.55. The molecule has 1 saturated carbocycles. The quantitative estimate of drug-likeness (QED) is 0.437. The minimum atomic E-state index is 0.732. The zero-order valence-corrected chi connectivity index (χ0v) is 16.7. The average Bonchev–Trinajstić information content (AvgIpc) is 3.41. The molecule has 1 N–H and O–H groups in total. The van der Waals surface area contributed by atoms with Crippen molar-refractivity contribution >= 4 is 17.3 Å². The molecule has 0 saturated heterocycles. The summed E-state index contributed by atoms with van der Waals surface area (Å²) >= 11 is 1.74. The van der Waals surface area contributed by atoms with Gasteiger partial charge in [0.15, 0.2) is 5.96 Å². The van der Waals surface area contributed by atoms with Crippen LogP contribution >= 0.6 is 11.3 Å². The van der Waals surface area contributed by atoms with E-state index in [4.69, 9.17) is 9.72 Å². The number of guanidine groups is 1. The summed E-state index contributed by atoms with van der Waals surface area (Å²) in [6, 6.07) is 10.3. The number of rotatable bonds is 8. The number of hydrogen-bond donors (Lipinski definition) is 1. The highest BCUT2D eigenvalue weighted by Crippen LogP contribution is 2.29. The van der Waals surface area contributed by atoms with Gasteiger partial charge in [0.05, 0.1) is 18.8 Å². The molecule has 0 atom stereocenters. The van der Waals surface area contributed by atoms with Crippen molar-refractivity contribution in [1.82, 2.24) is 15.2 Å². The highest BCUT2D eigenvalue weighted by Gasteiger charge is 2.21. The van der Waals surface area contributed by atoms with Gasteiger partial charge in [-0.25, -0.2) is 4.98 Å². The maximum Gasteiger partial charge on any atom is 0.193 e. The Kier molecular flexibility index (Phi) is 6.63. The Labute approximate surface area is 160 Å². The third kappa shape index (κ3) is 5.29. The van der Waals surface area contributed by atoms with Crippen molar-refractivity contribution in [3.8, 4) is 10.6 Å². The van der Waals surface area contributed by atoms with Crippen molar-refractivity contribution in [1.29, 1.82) is 0 Å². The molecule has 3 rings (SSSR count). The van der Waals surface area contributed by atoms with Crippen LogP contribution in [0.4, 0.5) is 0 Å². The largest absolute Gasteiger partial charge is 0.379 e. The van der Waals surface area contributed by atoms with Gasteiger partial charge >= 0.3 is 0 Å². The van der Waals surface area contributed by atoms with E-state index < -0.39 is 0 Å². The summed E-state index contributed by atoms with van der Waals surface area (Å²) in [6.07, 6.45) is 2.66. The number of ether oxygens (including phenoxy) is 1. The molecule has 140 valence electrons. The van der Waals surface area contributed by atoms with Crippen LogP contribution < -0.4 is 5.32 Å². The van der Waals surface area contributed by atoms with Crippen LogP contribution in [-0.2, 0) is 11.3 Å². The molecule has 1 heterocycles. The second-order valence-electron chi connectivity index (χ2n) is 6.73. The number of benzene rings is 1. The van der Waals surface area contributed by atoms with Gasteiger partial charge in [0.2, 0.25) is 0 Å². The highest BCUT2D eigenvalue weighted by atomic mass is 32.1. The maximum absolute atomic E-state index is 5.72. The molecule has 2 aromatic rings. The van der Waals surface area contributed by atoms with E-state index in [9.17, 15) is 0 Å². The van der Waals surface area contributed by atoms with Gasteiger partial charge in [0.25, 0.3) is 0 Å². The average molecular weight is 373 g/mol. The van der Waals surface area contributed by atoms with E-state index in [2.05, 4.69) is 34.3 Å². The van der Waals surface area contributed by atoms with Gasteiger partial charge in [0.1, 0.15) is 5.01 Å². The Bertz CT molecular complexity index is 725. The first-order valence-electron chi connectivity index (χ1n) is 9.18. The van der Waals surface area contributed by atoms with E-state index in [0.717, 1.165) is 48.9 Å². The first kappa shape index (κ1) is 18.9. The van der Waals surface area contributed by atoms with E-state index in [1.54, 1.807) is 11.3 Å². The van der Waals surface area contributed by atoms with Crippen LogP contribution in [0.25, 0.3) is 10.6 Å². The molecule has 1 aromatic heterocycles. The van der Waals surface area contributed by atoms with Crippen LogP contribution in [0, 0.1) is 12.8 Å². The molecule has 0 unspecified atom stereocenters. The molecule has 0 bridgehead atoms. The summed E-state index contributed by atoms with van der Waals surface area (Å²) in [6.45, 7) is 5.28. The summed E-state index contributed by atoms with van der Waals surface area (Å²) in [5.41, 5.74) is 2.24. The molecule has 6 heteroatoms. The number of nitrogens with one attached hydrogen (secondary N) is 1. The van der Waals surface area contributed by atoms with E-state index in [1.807, 2.05) is 32.3 Å². The third-order valence-electron chi connectivity index (χ3n) is 4.52. The molecule has 0 radical (unpaired) electrons. The molecule has 1 aliphatic carbocycles. The molecular weight excluding hydrogens is 344 g/mol. The molecule has 5 nitrogen and oxygen atoms in total. The number of nitrogens with zero attached hydrogens (tertiary/aromatic N) is 3.